The molecule has 0 aliphatic rings. The summed E-state index contributed by atoms with van der Waals surface area (Å²) in [5.74, 6) is 1.29. The topological polar surface area (TPSA) is 0 Å². The summed E-state index contributed by atoms with van der Waals surface area (Å²) in [6.45, 7) is 10.4. The standard InChI is InChI=1S/C21H41PS2.BrH/c1-6-10-16-22(5,17-11-7-2,18-12-8-3)20-14-15-21(24-20)23-19-13-9-4;/h14-15H,6-13,16-19H2,1-5H3;1H. The second kappa shape index (κ2) is 13.2. The Labute approximate surface area is 177 Å². The Kier molecular flexibility index (Phi) is 13.7. The average Bonchev–Trinajstić information content (AvgIpc) is 3.07. The predicted octanol–water partition coefficient (Wildman–Crippen LogP) is 8.43. The first kappa shape index (κ1) is 26.0. The number of hydrogen-bond donors (Lipinski definition) is 0. The molecule has 1 heterocycles. The molecular weight excluding hydrogens is 427 g/mol. The van der Waals surface area contributed by atoms with Crippen LogP contribution in [0, 0.1) is 0 Å². The van der Waals surface area contributed by atoms with E-state index in [1.807, 2.05) is 0 Å². The zero-order chi connectivity index (χ0) is 17.9. The van der Waals surface area contributed by atoms with Crippen molar-refractivity contribution in [1.82, 2.24) is 0 Å². The molecule has 0 unspecified atom stereocenters. The van der Waals surface area contributed by atoms with E-state index in [9.17, 15) is 0 Å². The van der Waals surface area contributed by atoms with Gasteiger partial charge in [-0.2, -0.15) is 0 Å². The van der Waals surface area contributed by atoms with Gasteiger partial charge >= 0.3 is 161 Å². The third-order valence-corrected chi connectivity index (χ3v) is 16.1. The van der Waals surface area contributed by atoms with Crippen molar-refractivity contribution in [2.75, 3.05) is 30.9 Å². The molecule has 0 aliphatic heterocycles. The molecule has 1 aromatic heterocycles. The van der Waals surface area contributed by atoms with Gasteiger partial charge in [0.15, 0.2) is 0 Å². The Bertz CT molecular complexity index is 434. The van der Waals surface area contributed by atoms with Gasteiger partial charge in [0.05, 0.1) is 0 Å². The molecule has 0 N–H and O–H groups in total. The second-order valence-electron chi connectivity index (χ2n) is 7.84. The molecule has 1 rings (SSSR count). The van der Waals surface area contributed by atoms with Crippen LogP contribution in [0.3, 0.4) is 0 Å². The zero-order valence-corrected chi connectivity index (χ0v) is 21.6. The van der Waals surface area contributed by atoms with Crippen molar-refractivity contribution in [2.24, 2.45) is 0 Å². The summed E-state index contributed by atoms with van der Waals surface area (Å²) in [6.07, 6.45) is 15.4. The van der Waals surface area contributed by atoms with Crippen molar-refractivity contribution >= 4 is 51.3 Å². The summed E-state index contributed by atoms with van der Waals surface area (Å²) in [5.41, 5.74) is 0. The third-order valence-electron chi connectivity index (χ3n) is 5.49. The first-order chi connectivity index (χ1) is 11.5. The third kappa shape index (κ3) is 7.84. The summed E-state index contributed by atoms with van der Waals surface area (Å²) in [5, 5.41) is 0. The molecule has 0 spiro atoms. The molecule has 25 heavy (non-hydrogen) atoms. The van der Waals surface area contributed by atoms with Crippen LogP contribution in [0.5, 0.6) is 0 Å². The van der Waals surface area contributed by atoms with E-state index in [0.29, 0.717) is 0 Å². The van der Waals surface area contributed by atoms with Crippen molar-refractivity contribution in [3.63, 3.8) is 0 Å². The van der Waals surface area contributed by atoms with Gasteiger partial charge in [-0.25, -0.2) is 0 Å². The summed E-state index contributed by atoms with van der Waals surface area (Å²) in [6, 6.07) is 4.98. The molecule has 1 aromatic rings. The average molecular weight is 470 g/mol. The van der Waals surface area contributed by atoms with Crippen LogP contribution in [0.4, 0.5) is 0 Å². The second-order valence-corrected chi connectivity index (χ2v) is 17.1. The molecule has 4 heteroatoms. The quantitative estimate of drug-likeness (QED) is 0.150. The molecule has 150 valence electrons. The molecule has 0 nitrogen and oxygen atoms in total. The molecule has 0 aromatic carbocycles. The molecule has 0 radical (unpaired) electrons. The minimum atomic E-state index is -1.75. The Hall–Kier alpha value is 0.960. The molecule has 0 saturated heterocycles. The van der Waals surface area contributed by atoms with Crippen LogP contribution in [0.1, 0.15) is 79.1 Å². The summed E-state index contributed by atoms with van der Waals surface area (Å²) < 4.78 is 3.37. The van der Waals surface area contributed by atoms with Crippen LogP contribution < -0.4 is 4.62 Å². The fourth-order valence-electron chi connectivity index (χ4n) is 3.60. The van der Waals surface area contributed by atoms with Crippen LogP contribution in [0.25, 0.3) is 0 Å². The SMILES string of the molecule is Br.CCCCSc1ccc(P(C)(CCCC)(CCCC)CCCC)s1. The molecule has 0 amide bonds. The van der Waals surface area contributed by atoms with E-state index in [2.05, 4.69) is 69.6 Å². The summed E-state index contributed by atoms with van der Waals surface area (Å²) in [7, 11) is 0. The maximum atomic E-state index is 2.75. The maximum absolute atomic E-state index is 2.75. The van der Waals surface area contributed by atoms with Crippen LogP contribution in [0.2, 0.25) is 0 Å². The van der Waals surface area contributed by atoms with Crippen LogP contribution in [0.15, 0.2) is 16.3 Å². The fourth-order valence-corrected chi connectivity index (χ4v) is 13.7. The van der Waals surface area contributed by atoms with Gasteiger partial charge < -0.3 is 0 Å². The van der Waals surface area contributed by atoms with Gasteiger partial charge in [-0.3, -0.25) is 0 Å². The van der Waals surface area contributed by atoms with E-state index in [4.69, 9.17) is 0 Å². The summed E-state index contributed by atoms with van der Waals surface area (Å²) in [4.78, 5) is 0. The van der Waals surface area contributed by atoms with Crippen molar-refractivity contribution in [2.45, 2.75) is 83.3 Å². The van der Waals surface area contributed by atoms with Gasteiger partial charge in [0, 0.05) is 0 Å². The number of thioether (sulfide) groups is 1. The van der Waals surface area contributed by atoms with E-state index in [1.165, 1.54) is 75.6 Å². The van der Waals surface area contributed by atoms with Crippen molar-refractivity contribution < 1.29 is 0 Å². The minimum absolute atomic E-state index is 0. The number of rotatable bonds is 14. The Morgan fingerprint density at radius 3 is 1.72 bits per heavy atom. The Morgan fingerprint density at radius 1 is 0.800 bits per heavy atom. The Balaban J connectivity index is 0.00000576. The normalized spacial score (nSPS) is 13.2. The number of hydrogen-bond acceptors (Lipinski definition) is 2. The number of thiophene rings is 1. The van der Waals surface area contributed by atoms with Gasteiger partial charge in [0.2, 0.25) is 0 Å². The van der Waals surface area contributed by atoms with E-state index >= 15 is 0 Å². The van der Waals surface area contributed by atoms with Crippen LogP contribution >= 0.6 is 46.7 Å². The van der Waals surface area contributed by atoms with E-state index in [0.717, 1.165) is 0 Å². The van der Waals surface area contributed by atoms with Gasteiger partial charge in [-0.05, 0) is 0 Å². The molecule has 0 aliphatic carbocycles. The van der Waals surface area contributed by atoms with Gasteiger partial charge in [-0.15, -0.1) is 17.0 Å². The van der Waals surface area contributed by atoms with Crippen molar-refractivity contribution in [3.8, 4) is 0 Å². The van der Waals surface area contributed by atoms with Gasteiger partial charge in [-0.1, -0.05) is 0 Å². The monoisotopic (exact) mass is 468 g/mol. The Morgan fingerprint density at radius 2 is 1.28 bits per heavy atom. The van der Waals surface area contributed by atoms with E-state index < -0.39 is 6.60 Å². The van der Waals surface area contributed by atoms with E-state index in [1.54, 1.807) is 8.83 Å². The molecule has 0 atom stereocenters. The van der Waals surface area contributed by atoms with Crippen molar-refractivity contribution in [1.29, 1.82) is 0 Å². The van der Waals surface area contributed by atoms with Crippen LogP contribution in [-0.4, -0.2) is 30.9 Å². The summed E-state index contributed by atoms with van der Waals surface area (Å²) >= 11 is 4.25. The van der Waals surface area contributed by atoms with Gasteiger partial charge in [0.25, 0.3) is 0 Å². The predicted molar refractivity (Wildman–Crippen MR) is 132 cm³/mol. The fraction of sp³-hybridized carbons (Fsp3) is 0.810. The first-order valence-electron chi connectivity index (χ1n) is 10.3. The number of halogens is 1. The first-order valence-corrected chi connectivity index (χ1v) is 15.3. The number of unbranched alkanes of at least 4 members (excludes halogenated alkanes) is 4. The zero-order valence-electron chi connectivity index (χ0n) is 17.3. The molecule has 0 bridgehead atoms. The molecule has 0 fully saturated rings. The molecule has 0 saturated carbocycles. The molecular formula is C21H42BrPS2. The van der Waals surface area contributed by atoms with Crippen LogP contribution in [-0.2, 0) is 0 Å². The van der Waals surface area contributed by atoms with Crippen molar-refractivity contribution in [3.05, 3.63) is 12.1 Å². The van der Waals surface area contributed by atoms with E-state index in [-0.39, 0.29) is 17.0 Å². The van der Waals surface area contributed by atoms with Gasteiger partial charge in [0.1, 0.15) is 0 Å².